The second-order valence-corrected chi connectivity index (χ2v) is 10.2. The van der Waals surface area contributed by atoms with Gasteiger partial charge in [0.15, 0.2) is 9.84 Å². The first-order valence-corrected chi connectivity index (χ1v) is 11.5. The van der Waals surface area contributed by atoms with Crippen LogP contribution >= 0.6 is 11.8 Å². The van der Waals surface area contributed by atoms with Gasteiger partial charge in [0.25, 0.3) is 0 Å². The zero-order valence-corrected chi connectivity index (χ0v) is 15.5. The van der Waals surface area contributed by atoms with E-state index in [9.17, 15) is 13.2 Å². The Bertz CT molecular complexity index is 648. The van der Waals surface area contributed by atoms with E-state index in [-0.39, 0.29) is 16.4 Å². The molecule has 4 nitrogen and oxygen atoms in total. The Morgan fingerprint density at radius 1 is 1.04 bits per heavy atom. The average Bonchev–Trinajstić information content (AvgIpc) is 2.55. The van der Waals surface area contributed by atoms with Crippen molar-refractivity contribution < 1.29 is 13.2 Å². The third-order valence-corrected chi connectivity index (χ3v) is 8.64. The maximum Gasteiger partial charge on any atom is 0.232 e. The average molecular weight is 368 g/mol. The molecule has 0 unspecified atom stereocenters. The highest BCUT2D eigenvalue weighted by molar-refractivity contribution is 7.99. The van der Waals surface area contributed by atoms with E-state index in [4.69, 9.17) is 0 Å². The van der Waals surface area contributed by atoms with Gasteiger partial charge >= 0.3 is 0 Å². The number of nitrogens with zero attached hydrogens (tertiary/aromatic N) is 1. The standard InChI is InChI=1S/C18H25NO3S2/c20-18(14-23-13-15-7-3-1-4-8-15)19-11-17(12-19)24(21,22)16-9-5-2-6-10-16/h1,3-4,7-8,16-17H,2,5-6,9-14H2. The number of carbonyl (C=O) groups is 1. The number of amides is 1. The van der Waals surface area contributed by atoms with E-state index in [2.05, 4.69) is 0 Å². The highest BCUT2D eigenvalue weighted by Gasteiger charge is 2.43. The molecular formula is C18H25NO3S2. The molecule has 1 aromatic carbocycles. The van der Waals surface area contributed by atoms with Gasteiger partial charge in [-0.2, -0.15) is 0 Å². The molecule has 1 saturated heterocycles. The third kappa shape index (κ3) is 4.14. The summed E-state index contributed by atoms with van der Waals surface area (Å²) in [7, 11) is -3.06. The van der Waals surface area contributed by atoms with Crippen molar-refractivity contribution in [3.05, 3.63) is 35.9 Å². The minimum absolute atomic E-state index is 0.0611. The molecule has 1 aliphatic heterocycles. The van der Waals surface area contributed by atoms with Crippen molar-refractivity contribution in [1.82, 2.24) is 4.90 Å². The van der Waals surface area contributed by atoms with Crippen LogP contribution < -0.4 is 0 Å². The first-order valence-electron chi connectivity index (χ1n) is 8.69. The highest BCUT2D eigenvalue weighted by atomic mass is 32.2. The molecule has 24 heavy (non-hydrogen) atoms. The quantitative estimate of drug-likeness (QED) is 0.776. The SMILES string of the molecule is O=C(CSCc1ccccc1)N1CC(S(=O)(=O)C2CCCCC2)C1. The largest absolute Gasteiger partial charge is 0.339 e. The number of hydrogen-bond acceptors (Lipinski definition) is 4. The molecule has 1 saturated carbocycles. The monoisotopic (exact) mass is 367 g/mol. The van der Waals surface area contributed by atoms with E-state index in [1.807, 2.05) is 30.3 Å². The second-order valence-electron chi connectivity index (χ2n) is 6.75. The summed E-state index contributed by atoms with van der Waals surface area (Å²) in [6.45, 7) is 0.785. The van der Waals surface area contributed by atoms with Gasteiger partial charge in [0.2, 0.25) is 5.91 Å². The smallest absolute Gasteiger partial charge is 0.232 e. The summed E-state index contributed by atoms with van der Waals surface area (Å²) in [4.78, 5) is 13.9. The van der Waals surface area contributed by atoms with Gasteiger partial charge in [-0.25, -0.2) is 8.42 Å². The number of thioether (sulfide) groups is 1. The lowest BCUT2D eigenvalue weighted by molar-refractivity contribution is -0.131. The van der Waals surface area contributed by atoms with Crippen LogP contribution in [0.3, 0.4) is 0 Å². The fourth-order valence-electron chi connectivity index (χ4n) is 3.44. The Labute approximate surface area is 148 Å². The van der Waals surface area contributed by atoms with Crippen molar-refractivity contribution in [2.75, 3.05) is 18.8 Å². The molecule has 6 heteroatoms. The van der Waals surface area contributed by atoms with Gasteiger partial charge in [0.05, 0.1) is 16.3 Å². The van der Waals surface area contributed by atoms with Gasteiger partial charge in [-0.3, -0.25) is 4.79 Å². The van der Waals surface area contributed by atoms with Crippen LogP contribution in [0.4, 0.5) is 0 Å². The molecule has 2 fully saturated rings. The second kappa shape index (κ2) is 7.91. The molecule has 0 atom stereocenters. The van der Waals surface area contributed by atoms with E-state index in [0.717, 1.165) is 37.9 Å². The van der Waals surface area contributed by atoms with E-state index >= 15 is 0 Å². The van der Waals surface area contributed by atoms with Gasteiger partial charge < -0.3 is 4.90 Å². The van der Waals surface area contributed by atoms with E-state index in [1.54, 1.807) is 16.7 Å². The Balaban J connectivity index is 1.41. The topological polar surface area (TPSA) is 54.5 Å². The van der Waals surface area contributed by atoms with Crippen molar-refractivity contribution in [2.45, 2.75) is 48.4 Å². The zero-order chi connectivity index (χ0) is 17.0. The van der Waals surface area contributed by atoms with Gasteiger partial charge in [-0.15, -0.1) is 11.8 Å². The molecule has 1 heterocycles. The van der Waals surface area contributed by atoms with Crippen LogP contribution in [-0.4, -0.2) is 48.6 Å². The maximum atomic E-state index is 12.6. The molecule has 0 aromatic heterocycles. The lowest BCUT2D eigenvalue weighted by Crippen LogP contribution is -2.59. The first-order chi connectivity index (χ1) is 11.6. The number of rotatable bonds is 6. The van der Waals surface area contributed by atoms with Crippen molar-refractivity contribution >= 4 is 27.5 Å². The summed E-state index contributed by atoms with van der Waals surface area (Å²) in [5.74, 6) is 1.29. The van der Waals surface area contributed by atoms with Gasteiger partial charge in [-0.05, 0) is 18.4 Å². The van der Waals surface area contributed by atoms with Crippen LogP contribution in [0.15, 0.2) is 30.3 Å². The molecule has 3 rings (SSSR count). The Morgan fingerprint density at radius 2 is 1.71 bits per heavy atom. The number of hydrogen-bond donors (Lipinski definition) is 0. The summed E-state index contributed by atoms with van der Waals surface area (Å²) in [5, 5.41) is -0.496. The molecule has 1 aliphatic carbocycles. The molecule has 132 valence electrons. The number of carbonyl (C=O) groups excluding carboxylic acids is 1. The molecule has 1 aromatic rings. The summed E-state index contributed by atoms with van der Waals surface area (Å²) in [6.07, 6.45) is 4.81. The van der Waals surface area contributed by atoms with E-state index in [0.29, 0.717) is 18.8 Å². The minimum Gasteiger partial charge on any atom is -0.339 e. The van der Waals surface area contributed by atoms with Crippen LogP contribution in [0.2, 0.25) is 0 Å². The van der Waals surface area contributed by atoms with Crippen LogP contribution in [0.1, 0.15) is 37.7 Å². The van der Waals surface area contributed by atoms with Crippen molar-refractivity contribution in [2.24, 2.45) is 0 Å². The van der Waals surface area contributed by atoms with Crippen LogP contribution in [0.5, 0.6) is 0 Å². The molecule has 0 spiro atoms. The van der Waals surface area contributed by atoms with E-state index in [1.165, 1.54) is 5.56 Å². The summed E-state index contributed by atoms with van der Waals surface area (Å²) >= 11 is 1.59. The van der Waals surface area contributed by atoms with Crippen LogP contribution in [0.25, 0.3) is 0 Å². The van der Waals surface area contributed by atoms with Gasteiger partial charge in [0.1, 0.15) is 0 Å². The predicted octanol–water partition coefficient (Wildman–Crippen LogP) is 2.88. The first kappa shape index (κ1) is 17.8. The fourth-order valence-corrected chi connectivity index (χ4v) is 6.63. The Hall–Kier alpha value is -1.01. The Kier molecular flexibility index (Phi) is 5.87. The molecular weight excluding hydrogens is 342 g/mol. The normalized spacial score (nSPS) is 19.9. The lowest BCUT2D eigenvalue weighted by Gasteiger charge is -2.40. The van der Waals surface area contributed by atoms with Crippen LogP contribution in [0, 0.1) is 0 Å². The third-order valence-electron chi connectivity index (χ3n) is 5.02. The predicted molar refractivity (Wildman–Crippen MR) is 98.8 cm³/mol. The number of benzene rings is 1. The molecule has 0 bridgehead atoms. The fraction of sp³-hybridized carbons (Fsp3) is 0.611. The Morgan fingerprint density at radius 3 is 2.38 bits per heavy atom. The molecule has 2 aliphatic rings. The minimum atomic E-state index is -3.06. The molecule has 1 amide bonds. The van der Waals surface area contributed by atoms with Gasteiger partial charge in [0, 0.05) is 18.8 Å². The van der Waals surface area contributed by atoms with Gasteiger partial charge in [-0.1, -0.05) is 49.6 Å². The molecule has 0 radical (unpaired) electrons. The van der Waals surface area contributed by atoms with Crippen molar-refractivity contribution in [3.63, 3.8) is 0 Å². The van der Waals surface area contributed by atoms with Crippen LogP contribution in [-0.2, 0) is 20.4 Å². The summed E-state index contributed by atoms with van der Waals surface area (Å²) in [6, 6.07) is 10.1. The summed E-state index contributed by atoms with van der Waals surface area (Å²) < 4.78 is 25.2. The molecule has 0 N–H and O–H groups in total. The van der Waals surface area contributed by atoms with E-state index < -0.39 is 9.84 Å². The number of likely N-dealkylation sites (tertiary alicyclic amines) is 1. The maximum absolute atomic E-state index is 12.6. The lowest BCUT2D eigenvalue weighted by atomic mass is 10.0. The summed E-state index contributed by atoms with van der Waals surface area (Å²) in [5.41, 5.74) is 1.21. The zero-order valence-electron chi connectivity index (χ0n) is 13.9. The van der Waals surface area contributed by atoms with Crippen molar-refractivity contribution in [1.29, 1.82) is 0 Å². The number of sulfone groups is 1. The highest BCUT2D eigenvalue weighted by Crippen LogP contribution is 2.30. The van der Waals surface area contributed by atoms with Crippen molar-refractivity contribution in [3.8, 4) is 0 Å².